The maximum atomic E-state index is 15.8. The van der Waals surface area contributed by atoms with E-state index in [1.807, 2.05) is 0 Å². The molecule has 250 valence electrons. The third kappa shape index (κ3) is 6.73. The van der Waals surface area contributed by atoms with Crippen molar-refractivity contribution >= 4 is 34.4 Å². The van der Waals surface area contributed by atoms with Crippen LogP contribution in [-0.2, 0) is 9.59 Å². The lowest BCUT2D eigenvalue weighted by atomic mass is 10.0. The number of carbonyl (C=O) groups is 3. The van der Waals surface area contributed by atoms with E-state index in [1.54, 1.807) is 9.47 Å². The van der Waals surface area contributed by atoms with Gasteiger partial charge in [-0.15, -0.1) is 0 Å². The minimum absolute atomic E-state index is 0.0209. The second kappa shape index (κ2) is 14.2. The van der Waals surface area contributed by atoms with Crippen molar-refractivity contribution in [2.24, 2.45) is 11.5 Å². The predicted octanol–water partition coefficient (Wildman–Crippen LogP) is 2.57. The summed E-state index contributed by atoms with van der Waals surface area (Å²) < 4.78 is 38.7. The first-order valence-electron chi connectivity index (χ1n) is 15.9. The van der Waals surface area contributed by atoms with E-state index < -0.39 is 46.6 Å². The number of halogens is 2. The normalized spacial score (nSPS) is 20.2. The Kier molecular flexibility index (Phi) is 10.3. The van der Waals surface area contributed by atoms with E-state index >= 15 is 8.78 Å². The van der Waals surface area contributed by atoms with Crippen LogP contribution in [-0.4, -0.2) is 84.3 Å². The number of piperidine rings is 1. The number of nitrogens with one attached hydrogen (secondary N) is 1. The Morgan fingerprint density at radius 2 is 1.93 bits per heavy atom. The molecule has 2 aliphatic heterocycles. The third-order valence-corrected chi connectivity index (χ3v) is 9.10. The second-order valence-corrected chi connectivity index (χ2v) is 12.3. The van der Waals surface area contributed by atoms with Crippen molar-refractivity contribution in [2.45, 2.75) is 75.9 Å². The van der Waals surface area contributed by atoms with Gasteiger partial charge in [0.25, 0.3) is 0 Å². The predicted molar refractivity (Wildman–Crippen MR) is 168 cm³/mol. The highest BCUT2D eigenvalue weighted by Gasteiger charge is 2.36. The van der Waals surface area contributed by atoms with Crippen LogP contribution in [0, 0.1) is 5.82 Å². The van der Waals surface area contributed by atoms with Crippen LogP contribution in [0.5, 0.6) is 5.75 Å². The molecule has 3 aliphatic rings. The molecule has 0 unspecified atom stereocenters. The number of unbranched alkanes of at least 4 members (excludes halogenated alkanes) is 1. The van der Waals surface area contributed by atoms with Crippen molar-refractivity contribution < 1.29 is 33.0 Å². The Hall–Kier alpha value is -4.04. The number of rotatable bonds is 12. The number of carbonyl (C=O) groups excluding carboxylic acids is 2. The van der Waals surface area contributed by atoms with Crippen molar-refractivity contribution in [3.05, 3.63) is 45.3 Å². The van der Waals surface area contributed by atoms with Crippen molar-refractivity contribution in [3.63, 3.8) is 0 Å². The van der Waals surface area contributed by atoms with E-state index in [2.05, 4.69) is 5.32 Å². The highest BCUT2D eigenvalue weighted by Crippen LogP contribution is 2.44. The van der Waals surface area contributed by atoms with Gasteiger partial charge in [-0.05, 0) is 69.6 Å². The summed E-state index contributed by atoms with van der Waals surface area (Å²) >= 11 is 0. The largest absolute Gasteiger partial charge is 0.492 e. The number of carboxylic acids is 1. The summed E-state index contributed by atoms with van der Waals surface area (Å²) in [6, 6.07) is -0.467. The minimum Gasteiger partial charge on any atom is -0.492 e. The average molecular weight is 645 g/mol. The molecule has 46 heavy (non-hydrogen) atoms. The molecule has 3 fully saturated rings. The molecule has 0 spiro atoms. The van der Waals surface area contributed by atoms with Gasteiger partial charge in [-0.1, -0.05) is 6.42 Å². The van der Waals surface area contributed by atoms with Gasteiger partial charge in [0.05, 0.1) is 30.6 Å². The van der Waals surface area contributed by atoms with Crippen LogP contribution >= 0.6 is 0 Å². The number of hydrogen-bond donors (Lipinski definition) is 4. The van der Waals surface area contributed by atoms with Gasteiger partial charge in [0.1, 0.15) is 23.1 Å². The number of methoxy groups -OCH3 is 1. The third-order valence-electron chi connectivity index (χ3n) is 9.10. The smallest absolute Gasteiger partial charge is 0.341 e. The summed E-state index contributed by atoms with van der Waals surface area (Å²) in [4.78, 5) is 53.9. The number of anilines is 1. The maximum absolute atomic E-state index is 15.8. The summed E-state index contributed by atoms with van der Waals surface area (Å²) in [7, 11) is 1.35. The second-order valence-electron chi connectivity index (χ2n) is 12.3. The number of fused-ring (bicyclic) bond motifs is 1. The van der Waals surface area contributed by atoms with E-state index in [-0.39, 0.29) is 41.9 Å². The lowest BCUT2D eigenvalue weighted by molar-refractivity contribution is -0.139. The number of carboxylic acid groups (broad SMARTS) is 1. The molecule has 0 radical (unpaired) electrons. The van der Waals surface area contributed by atoms with Gasteiger partial charge in [-0.2, -0.15) is 0 Å². The first-order chi connectivity index (χ1) is 22.1. The molecule has 5 rings (SSSR count). The number of benzene rings is 1. The molecule has 2 amide bonds. The molecule has 3 heterocycles. The monoisotopic (exact) mass is 644 g/mol. The van der Waals surface area contributed by atoms with Crippen LogP contribution in [0.4, 0.5) is 14.5 Å². The van der Waals surface area contributed by atoms with Gasteiger partial charge in [0, 0.05) is 31.9 Å². The molecule has 0 bridgehead atoms. The molecule has 6 N–H and O–H groups in total. The zero-order valence-corrected chi connectivity index (χ0v) is 26.0. The molecule has 2 aromatic rings. The number of aromatic nitrogens is 1. The average Bonchev–Trinajstić information content (AvgIpc) is 3.77. The SMILES string of the molecule is COc1c(N2CCC/C(=C(\F)CNC(=O)[C@@H]3CCCN3C(=O)[C@@H](N)CCCCN)C2)c(F)cc2c(=O)c(C(=O)O)cn(C3CC3)c12. The number of ether oxygens (including phenoxy) is 1. The lowest BCUT2D eigenvalue weighted by Gasteiger charge is -2.33. The van der Waals surface area contributed by atoms with Crippen molar-refractivity contribution in [3.8, 4) is 5.75 Å². The highest BCUT2D eigenvalue weighted by atomic mass is 19.1. The summed E-state index contributed by atoms with van der Waals surface area (Å²) in [5.74, 6) is -3.40. The van der Waals surface area contributed by atoms with Crippen LogP contribution in [0.2, 0.25) is 0 Å². The molecule has 12 nitrogen and oxygen atoms in total. The fourth-order valence-electron chi connectivity index (χ4n) is 6.56. The van der Waals surface area contributed by atoms with Gasteiger partial charge in [-0.3, -0.25) is 14.4 Å². The van der Waals surface area contributed by atoms with Crippen LogP contribution < -0.4 is 31.8 Å². The van der Waals surface area contributed by atoms with E-state index in [1.165, 1.54) is 18.2 Å². The van der Waals surface area contributed by atoms with Gasteiger partial charge in [0.2, 0.25) is 17.2 Å². The molecular weight excluding hydrogens is 602 g/mol. The number of amides is 2. The Morgan fingerprint density at radius 1 is 1.17 bits per heavy atom. The molecule has 14 heteroatoms. The van der Waals surface area contributed by atoms with E-state index in [4.69, 9.17) is 16.2 Å². The van der Waals surface area contributed by atoms with Crippen LogP contribution in [0.1, 0.15) is 74.2 Å². The first-order valence-corrected chi connectivity index (χ1v) is 15.9. The van der Waals surface area contributed by atoms with E-state index in [0.29, 0.717) is 69.2 Å². The Labute approximate surface area is 265 Å². The number of hydrogen-bond acceptors (Lipinski definition) is 8. The first kappa shape index (κ1) is 33.3. The summed E-state index contributed by atoms with van der Waals surface area (Å²) in [5, 5.41) is 12.1. The molecule has 1 aromatic carbocycles. The van der Waals surface area contributed by atoms with Gasteiger partial charge in [-0.25, -0.2) is 13.6 Å². The fourth-order valence-corrected chi connectivity index (χ4v) is 6.56. The van der Waals surface area contributed by atoms with Gasteiger partial charge >= 0.3 is 5.97 Å². The Morgan fingerprint density at radius 3 is 2.61 bits per heavy atom. The number of pyridine rings is 1. The van der Waals surface area contributed by atoms with Crippen LogP contribution in [0.3, 0.4) is 0 Å². The fraction of sp³-hybridized carbons (Fsp3) is 0.562. The van der Waals surface area contributed by atoms with Gasteiger partial charge < -0.3 is 41.0 Å². The maximum Gasteiger partial charge on any atom is 0.341 e. The van der Waals surface area contributed by atoms with Crippen molar-refractivity contribution in [2.75, 3.05) is 44.7 Å². The lowest BCUT2D eigenvalue weighted by Crippen LogP contribution is -2.51. The number of likely N-dealkylation sites (tertiary alicyclic amines) is 1. The van der Waals surface area contributed by atoms with E-state index in [9.17, 15) is 24.3 Å². The van der Waals surface area contributed by atoms with Crippen molar-refractivity contribution in [1.29, 1.82) is 0 Å². The molecule has 1 aliphatic carbocycles. The summed E-state index contributed by atoms with van der Waals surface area (Å²) in [5.41, 5.74) is 11.1. The van der Waals surface area contributed by atoms with E-state index in [0.717, 1.165) is 25.3 Å². The zero-order chi connectivity index (χ0) is 33.1. The Bertz CT molecular complexity index is 1610. The quantitative estimate of drug-likeness (QED) is 0.253. The molecular formula is C32H42F2N6O6. The molecule has 2 saturated heterocycles. The molecule has 2 atom stereocenters. The van der Waals surface area contributed by atoms with Crippen LogP contribution in [0.25, 0.3) is 10.9 Å². The standard InChI is InChI=1S/C32H42F2N6O6/c1-46-29-26-20(28(41)21(32(44)45)17-40(26)19-9-10-19)14-22(33)27(29)38-12-4-6-18(16-38)23(34)15-37-30(42)25-8-5-13-39(25)31(43)24(36)7-2-3-11-35/h14,17,19,24-25H,2-13,15-16,35-36H2,1H3,(H,37,42)(H,44,45)/b23-18+/t24-,25-/m0/s1. The molecule has 1 aromatic heterocycles. The highest BCUT2D eigenvalue weighted by molar-refractivity contribution is 5.97. The number of nitrogens with two attached hydrogens (primary N) is 2. The topological polar surface area (TPSA) is 173 Å². The summed E-state index contributed by atoms with van der Waals surface area (Å²) in [6.45, 7) is 0.947. The minimum atomic E-state index is -1.40. The zero-order valence-electron chi connectivity index (χ0n) is 26.0. The molecule has 1 saturated carbocycles. The number of nitrogens with zero attached hydrogens (tertiary/aromatic N) is 3. The Balaban J connectivity index is 1.34. The van der Waals surface area contributed by atoms with Crippen LogP contribution in [0.15, 0.2) is 28.5 Å². The van der Waals surface area contributed by atoms with Gasteiger partial charge in [0.15, 0.2) is 11.6 Å². The number of aromatic carboxylic acids is 1. The van der Waals surface area contributed by atoms with Crippen molar-refractivity contribution in [1.82, 2.24) is 14.8 Å². The summed E-state index contributed by atoms with van der Waals surface area (Å²) in [6.07, 6.45) is 6.77.